The molecular weight excluding hydrogens is 359 g/mol. The first kappa shape index (κ1) is 20.7. The van der Waals surface area contributed by atoms with Crippen molar-refractivity contribution >= 4 is 11.9 Å². The van der Waals surface area contributed by atoms with Crippen LogP contribution in [0.5, 0.6) is 0 Å². The van der Waals surface area contributed by atoms with Crippen LogP contribution in [-0.2, 0) is 9.53 Å². The van der Waals surface area contributed by atoms with Crippen molar-refractivity contribution in [2.24, 2.45) is 0 Å². The molecule has 3 atom stereocenters. The third-order valence-electron chi connectivity index (χ3n) is 5.77. The van der Waals surface area contributed by atoms with E-state index in [9.17, 15) is 9.18 Å². The molecule has 3 aliphatic rings. The van der Waals surface area contributed by atoms with E-state index in [2.05, 4.69) is 16.0 Å². The number of ether oxygens (including phenoxy) is 1. The summed E-state index contributed by atoms with van der Waals surface area (Å²) in [6.45, 7) is 10.3. The average Bonchev–Trinajstić information content (AvgIpc) is 3.43. The quantitative estimate of drug-likeness (QED) is 0.743. The lowest BCUT2D eigenvalue weighted by molar-refractivity contribution is -0.127. The zero-order valence-electron chi connectivity index (χ0n) is 17.3. The summed E-state index contributed by atoms with van der Waals surface area (Å²) in [5, 5.41) is 0. The van der Waals surface area contributed by atoms with Gasteiger partial charge in [0.2, 0.25) is 11.9 Å². The summed E-state index contributed by atoms with van der Waals surface area (Å²) in [5.74, 6) is 1.33. The van der Waals surface area contributed by atoms with Gasteiger partial charge in [-0.1, -0.05) is 6.08 Å². The van der Waals surface area contributed by atoms with Gasteiger partial charge >= 0.3 is 0 Å². The van der Waals surface area contributed by atoms with Crippen molar-refractivity contribution in [2.45, 2.75) is 58.6 Å². The van der Waals surface area contributed by atoms with E-state index in [1.807, 2.05) is 18.7 Å². The van der Waals surface area contributed by atoms with Crippen molar-refractivity contribution in [3.63, 3.8) is 0 Å². The molecule has 0 saturated carbocycles. The maximum Gasteiger partial charge on any atom is 0.226 e. The lowest BCUT2D eigenvalue weighted by atomic mass is 10.0. The molecular formula is C21H31FN4O2. The van der Waals surface area contributed by atoms with Gasteiger partial charge in [-0.25, -0.2) is 14.4 Å². The number of anilines is 1. The first-order chi connectivity index (χ1) is 13.4. The van der Waals surface area contributed by atoms with Crippen molar-refractivity contribution in [2.75, 3.05) is 37.8 Å². The molecule has 0 N–H and O–H groups in total. The van der Waals surface area contributed by atoms with Crippen molar-refractivity contribution in [3.05, 3.63) is 29.1 Å². The summed E-state index contributed by atoms with van der Waals surface area (Å²) < 4.78 is 17.0. The van der Waals surface area contributed by atoms with E-state index < -0.39 is 0 Å². The van der Waals surface area contributed by atoms with Crippen LogP contribution in [0.3, 0.4) is 0 Å². The number of nitrogens with zero attached hydrogens (tertiary/aromatic N) is 4. The Kier molecular flexibility index (Phi) is 6.65. The van der Waals surface area contributed by atoms with Crippen LogP contribution < -0.4 is 4.90 Å². The topological polar surface area (TPSA) is 58.6 Å². The van der Waals surface area contributed by atoms with Crippen LogP contribution in [0, 0.1) is 6.92 Å². The van der Waals surface area contributed by atoms with Gasteiger partial charge in [0, 0.05) is 38.2 Å². The second kappa shape index (κ2) is 8.99. The SMILES string of the molecule is C/C=C(\C)CF.CC(=O)N1CCC(c2cc(C)nc(N3CC4CC3CO4)n2)C1. The molecule has 6 nitrogen and oxygen atoms in total. The summed E-state index contributed by atoms with van der Waals surface area (Å²) in [6.07, 6.45) is 4.19. The fraction of sp³-hybridized carbons (Fsp3) is 0.667. The molecule has 3 unspecified atom stereocenters. The maximum atomic E-state index is 11.5. The van der Waals surface area contributed by atoms with Crippen molar-refractivity contribution in [1.82, 2.24) is 14.9 Å². The van der Waals surface area contributed by atoms with Crippen LogP contribution >= 0.6 is 0 Å². The van der Waals surface area contributed by atoms with Gasteiger partial charge in [-0.3, -0.25) is 4.79 Å². The highest BCUT2D eigenvalue weighted by atomic mass is 19.1. The number of fused-ring (bicyclic) bond motifs is 2. The molecule has 3 saturated heterocycles. The monoisotopic (exact) mass is 390 g/mol. The fourth-order valence-electron chi connectivity index (χ4n) is 3.92. The molecule has 2 bridgehead atoms. The molecule has 3 aliphatic heterocycles. The Balaban J connectivity index is 0.000000330. The second-order valence-electron chi connectivity index (χ2n) is 7.95. The fourth-order valence-corrected chi connectivity index (χ4v) is 3.92. The van der Waals surface area contributed by atoms with Gasteiger partial charge in [-0.2, -0.15) is 0 Å². The number of aromatic nitrogens is 2. The maximum absolute atomic E-state index is 11.5. The minimum absolute atomic E-state index is 0.155. The molecule has 0 aliphatic carbocycles. The molecule has 28 heavy (non-hydrogen) atoms. The lowest BCUT2D eigenvalue weighted by Crippen LogP contribution is -2.38. The third kappa shape index (κ3) is 4.69. The second-order valence-corrected chi connectivity index (χ2v) is 7.95. The largest absolute Gasteiger partial charge is 0.374 e. The van der Waals surface area contributed by atoms with Crippen LogP contribution in [0.2, 0.25) is 0 Å². The van der Waals surface area contributed by atoms with Crippen LogP contribution in [0.1, 0.15) is 50.9 Å². The normalized spacial score (nSPS) is 26.5. The summed E-state index contributed by atoms with van der Waals surface area (Å²) in [5.41, 5.74) is 2.88. The van der Waals surface area contributed by atoms with Crippen molar-refractivity contribution in [3.8, 4) is 0 Å². The van der Waals surface area contributed by atoms with Gasteiger partial charge in [0.1, 0.15) is 6.67 Å². The Hall–Kier alpha value is -2.02. The van der Waals surface area contributed by atoms with Crippen LogP contribution in [0.15, 0.2) is 17.7 Å². The number of carbonyl (C=O) groups is 1. The van der Waals surface area contributed by atoms with E-state index in [4.69, 9.17) is 9.72 Å². The van der Waals surface area contributed by atoms with E-state index in [0.717, 1.165) is 62.0 Å². The van der Waals surface area contributed by atoms with E-state index in [0.29, 0.717) is 18.1 Å². The number of amides is 1. The molecule has 7 heteroatoms. The molecule has 1 aromatic rings. The number of aryl methyl sites for hydroxylation is 1. The number of rotatable bonds is 3. The summed E-state index contributed by atoms with van der Waals surface area (Å²) in [4.78, 5) is 25.2. The number of halogens is 1. The van der Waals surface area contributed by atoms with E-state index in [1.54, 1.807) is 19.9 Å². The third-order valence-corrected chi connectivity index (χ3v) is 5.77. The predicted molar refractivity (Wildman–Crippen MR) is 107 cm³/mol. The summed E-state index contributed by atoms with van der Waals surface area (Å²) in [7, 11) is 0. The van der Waals surface area contributed by atoms with Crippen molar-refractivity contribution < 1.29 is 13.9 Å². The highest BCUT2D eigenvalue weighted by Gasteiger charge is 2.40. The van der Waals surface area contributed by atoms with E-state index in [-0.39, 0.29) is 12.6 Å². The van der Waals surface area contributed by atoms with Gasteiger partial charge < -0.3 is 14.5 Å². The smallest absolute Gasteiger partial charge is 0.226 e. The molecule has 3 fully saturated rings. The van der Waals surface area contributed by atoms with Crippen LogP contribution in [0.4, 0.5) is 10.3 Å². The predicted octanol–water partition coefficient (Wildman–Crippen LogP) is 3.02. The molecule has 154 valence electrons. The van der Waals surface area contributed by atoms with Gasteiger partial charge in [-0.15, -0.1) is 0 Å². The first-order valence-corrected chi connectivity index (χ1v) is 10.1. The number of hydrogen-bond acceptors (Lipinski definition) is 5. The molecule has 1 amide bonds. The Bertz CT molecular complexity index is 739. The summed E-state index contributed by atoms with van der Waals surface area (Å²) in [6, 6.07) is 2.50. The van der Waals surface area contributed by atoms with E-state index >= 15 is 0 Å². The Morgan fingerprint density at radius 1 is 1.36 bits per heavy atom. The summed E-state index contributed by atoms with van der Waals surface area (Å²) >= 11 is 0. The number of allylic oxidation sites excluding steroid dienone is 2. The number of carbonyl (C=O) groups excluding carboxylic acids is 1. The Labute approximate surface area is 166 Å². The number of likely N-dealkylation sites (tertiary alicyclic amines) is 1. The number of hydrogen-bond donors (Lipinski definition) is 0. The van der Waals surface area contributed by atoms with Gasteiger partial charge in [-0.05, 0) is 45.3 Å². The molecule has 0 spiro atoms. The lowest BCUT2D eigenvalue weighted by Gasteiger charge is -2.27. The minimum atomic E-state index is -0.309. The van der Waals surface area contributed by atoms with Crippen LogP contribution in [-0.4, -0.2) is 65.8 Å². The van der Waals surface area contributed by atoms with Crippen molar-refractivity contribution in [1.29, 1.82) is 0 Å². The highest BCUT2D eigenvalue weighted by Crippen LogP contribution is 2.32. The zero-order valence-corrected chi connectivity index (χ0v) is 17.3. The Morgan fingerprint density at radius 2 is 2.14 bits per heavy atom. The van der Waals surface area contributed by atoms with Gasteiger partial charge in [0.15, 0.2) is 0 Å². The highest BCUT2D eigenvalue weighted by molar-refractivity contribution is 5.73. The molecule has 0 radical (unpaired) electrons. The number of alkyl halides is 1. The Morgan fingerprint density at radius 3 is 2.64 bits per heavy atom. The zero-order chi connectivity index (χ0) is 20.3. The standard InChI is InChI=1S/C16H22N4O2.C5H9F/c1-10-5-15(12-3-4-19(7-12)11(2)21)18-16(17-10)20-8-14-6-13(20)9-22-14;1-3-5(2)4-6/h5,12-14H,3-4,6-9H2,1-2H3;3H,4H2,1-2H3/b;5-3+. The average molecular weight is 391 g/mol. The molecule has 1 aromatic heterocycles. The first-order valence-electron chi connectivity index (χ1n) is 10.1. The molecule has 4 heterocycles. The molecule has 0 aromatic carbocycles. The van der Waals surface area contributed by atoms with Gasteiger partial charge in [0.05, 0.1) is 24.4 Å². The molecule has 4 rings (SSSR count). The minimum Gasteiger partial charge on any atom is -0.374 e. The van der Waals surface area contributed by atoms with E-state index in [1.165, 1.54) is 0 Å². The van der Waals surface area contributed by atoms with Gasteiger partial charge in [0.25, 0.3) is 0 Å². The number of morpholine rings is 1. The van der Waals surface area contributed by atoms with Crippen LogP contribution in [0.25, 0.3) is 0 Å².